The van der Waals surface area contributed by atoms with E-state index in [2.05, 4.69) is 5.32 Å². The number of aromatic carboxylic acids is 1. The van der Waals surface area contributed by atoms with Crippen LogP contribution >= 0.6 is 0 Å². The molecular weight excluding hydrogens is 170 g/mol. The molecule has 4 heteroatoms. The summed E-state index contributed by atoms with van der Waals surface area (Å²) in [5.41, 5.74) is 0. The number of furan rings is 1. The van der Waals surface area contributed by atoms with Crippen LogP contribution in [-0.2, 0) is 0 Å². The Labute approximate surface area is 76.6 Å². The van der Waals surface area contributed by atoms with E-state index < -0.39 is 5.97 Å². The fourth-order valence-electron chi connectivity index (χ4n) is 1.11. The lowest BCUT2D eigenvalue weighted by molar-refractivity contribution is 0.0659. The highest BCUT2D eigenvalue weighted by Crippen LogP contribution is 2.15. The highest BCUT2D eigenvalue weighted by atomic mass is 16.4. The first-order valence-electron chi connectivity index (χ1n) is 4.21. The second-order valence-electron chi connectivity index (χ2n) is 2.79. The third-order valence-corrected chi connectivity index (χ3v) is 1.77. The first-order chi connectivity index (χ1) is 6.15. The maximum absolute atomic E-state index is 10.5. The fourth-order valence-corrected chi connectivity index (χ4v) is 1.11. The van der Waals surface area contributed by atoms with Crippen molar-refractivity contribution in [1.82, 2.24) is 5.32 Å². The summed E-state index contributed by atoms with van der Waals surface area (Å²) < 4.78 is 5.10. The summed E-state index contributed by atoms with van der Waals surface area (Å²) in [4.78, 5) is 10.5. The van der Waals surface area contributed by atoms with Crippen molar-refractivity contribution >= 4 is 5.97 Å². The van der Waals surface area contributed by atoms with Gasteiger partial charge in [-0.05, 0) is 25.6 Å². The van der Waals surface area contributed by atoms with E-state index in [1.54, 1.807) is 6.07 Å². The van der Waals surface area contributed by atoms with Gasteiger partial charge in [0.25, 0.3) is 0 Å². The Morgan fingerprint density at radius 1 is 1.69 bits per heavy atom. The van der Waals surface area contributed by atoms with Crippen LogP contribution < -0.4 is 5.32 Å². The van der Waals surface area contributed by atoms with E-state index >= 15 is 0 Å². The molecule has 72 valence electrons. The average Bonchev–Trinajstić information content (AvgIpc) is 2.52. The van der Waals surface area contributed by atoms with Gasteiger partial charge in [0.1, 0.15) is 5.76 Å². The number of carboxylic acids is 1. The molecule has 0 fully saturated rings. The minimum Gasteiger partial charge on any atom is -0.475 e. The van der Waals surface area contributed by atoms with Gasteiger partial charge in [0.2, 0.25) is 5.76 Å². The van der Waals surface area contributed by atoms with Crippen molar-refractivity contribution in [1.29, 1.82) is 0 Å². The Kier molecular flexibility index (Phi) is 3.08. The largest absolute Gasteiger partial charge is 0.475 e. The first-order valence-corrected chi connectivity index (χ1v) is 4.21. The van der Waals surface area contributed by atoms with E-state index in [0.29, 0.717) is 5.76 Å². The van der Waals surface area contributed by atoms with E-state index in [4.69, 9.17) is 9.52 Å². The summed E-state index contributed by atoms with van der Waals surface area (Å²) in [6.07, 6.45) is 0. The van der Waals surface area contributed by atoms with Crippen molar-refractivity contribution in [3.05, 3.63) is 23.7 Å². The summed E-state index contributed by atoms with van der Waals surface area (Å²) in [6.45, 7) is 4.73. The normalized spacial score (nSPS) is 12.8. The third kappa shape index (κ3) is 2.32. The lowest BCUT2D eigenvalue weighted by Crippen LogP contribution is -2.16. The molecule has 0 aliphatic heterocycles. The Morgan fingerprint density at radius 3 is 2.85 bits per heavy atom. The molecule has 1 aromatic heterocycles. The first kappa shape index (κ1) is 9.80. The molecule has 0 spiro atoms. The zero-order valence-electron chi connectivity index (χ0n) is 7.70. The van der Waals surface area contributed by atoms with Gasteiger partial charge in [0.15, 0.2) is 0 Å². The summed E-state index contributed by atoms with van der Waals surface area (Å²) in [5.74, 6) is -0.394. The standard InChI is InChI=1S/C9H13NO3/c1-3-10-6(2)7-4-5-8(13-7)9(11)12/h4-6,10H,3H2,1-2H3,(H,11,12). The molecular formula is C9H13NO3. The smallest absolute Gasteiger partial charge is 0.371 e. The quantitative estimate of drug-likeness (QED) is 0.745. The van der Waals surface area contributed by atoms with Gasteiger partial charge in [-0.2, -0.15) is 0 Å². The molecule has 2 N–H and O–H groups in total. The van der Waals surface area contributed by atoms with E-state index in [0.717, 1.165) is 6.54 Å². The van der Waals surface area contributed by atoms with Crippen LogP contribution in [0.5, 0.6) is 0 Å². The second-order valence-corrected chi connectivity index (χ2v) is 2.79. The predicted molar refractivity (Wildman–Crippen MR) is 47.8 cm³/mol. The molecule has 1 atom stereocenters. The Morgan fingerprint density at radius 2 is 2.38 bits per heavy atom. The Hall–Kier alpha value is -1.29. The SMILES string of the molecule is CCNC(C)c1ccc(C(=O)O)o1. The van der Waals surface area contributed by atoms with Crippen molar-refractivity contribution < 1.29 is 14.3 Å². The van der Waals surface area contributed by atoms with E-state index in [9.17, 15) is 4.79 Å². The topological polar surface area (TPSA) is 62.5 Å². The van der Waals surface area contributed by atoms with E-state index in [1.165, 1.54) is 6.07 Å². The van der Waals surface area contributed by atoms with E-state index in [-0.39, 0.29) is 11.8 Å². The molecule has 1 rings (SSSR count). The third-order valence-electron chi connectivity index (χ3n) is 1.77. The van der Waals surface area contributed by atoms with Crippen LogP contribution in [0, 0.1) is 0 Å². The van der Waals surface area contributed by atoms with Gasteiger partial charge in [0.05, 0.1) is 6.04 Å². The predicted octanol–water partition coefficient (Wildman–Crippen LogP) is 1.65. The number of carbonyl (C=O) groups is 1. The van der Waals surface area contributed by atoms with Crippen LogP contribution in [0.2, 0.25) is 0 Å². The molecule has 4 nitrogen and oxygen atoms in total. The molecule has 0 amide bonds. The molecule has 0 aliphatic rings. The van der Waals surface area contributed by atoms with Gasteiger partial charge < -0.3 is 14.8 Å². The van der Waals surface area contributed by atoms with Gasteiger partial charge in [-0.1, -0.05) is 6.92 Å². The number of carboxylic acid groups (broad SMARTS) is 1. The number of rotatable bonds is 4. The average molecular weight is 183 g/mol. The molecule has 0 aliphatic carbocycles. The van der Waals surface area contributed by atoms with Gasteiger partial charge in [0, 0.05) is 0 Å². The number of hydrogen-bond acceptors (Lipinski definition) is 3. The van der Waals surface area contributed by atoms with Crippen molar-refractivity contribution in [2.45, 2.75) is 19.9 Å². The minimum absolute atomic E-state index is 0.0141. The van der Waals surface area contributed by atoms with Crippen molar-refractivity contribution in [3.63, 3.8) is 0 Å². The van der Waals surface area contributed by atoms with Crippen LogP contribution in [-0.4, -0.2) is 17.6 Å². The van der Waals surface area contributed by atoms with Gasteiger partial charge in [-0.25, -0.2) is 4.79 Å². The molecule has 13 heavy (non-hydrogen) atoms. The maximum atomic E-state index is 10.5. The molecule has 0 radical (unpaired) electrons. The monoisotopic (exact) mass is 183 g/mol. The summed E-state index contributed by atoms with van der Waals surface area (Å²) in [5, 5.41) is 11.7. The molecule has 1 heterocycles. The molecule has 1 unspecified atom stereocenters. The molecule has 0 aromatic carbocycles. The summed E-state index contributed by atoms with van der Waals surface area (Å²) >= 11 is 0. The highest BCUT2D eigenvalue weighted by Gasteiger charge is 2.12. The lowest BCUT2D eigenvalue weighted by Gasteiger charge is -2.07. The zero-order chi connectivity index (χ0) is 9.84. The zero-order valence-corrected chi connectivity index (χ0v) is 7.70. The van der Waals surface area contributed by atoms with Crippen molar-refractivity contribution in [3.8, 4) is 0 Å². The molecule has 0 bridgehead atoms. The van der Waals surface area contributed by atoms with E-state index in [1.807, 2.05) is 13.8 Å². The maximum Gasteiger partial charge on any atom is 0.371 e. The fraction of sp³-hybridized carbons (Fsp3) is 0.444. The second kappa shape index (κ2) is 4.09. The van der Waals surface area contributed by atoms with Gasteiger partial charge >= 0.3 is 5.97 Å². The summed E-state index contributed by atoms with van der Waals surface area (Å²) in [7, 11) is 0. The minimum atomic E-state index is -1.03. The summed E-state index contributed by atoms with van der Waals surface area (Å²) in [6, 6.07) is 3.19. The molecule has 1 aromatic rings. The van der Waals surface area contributed by atoms with Crippen LogP contribution in [0.15, 0.2) is 16.5 Å². The van der Waals surface area contributed by atoms with Crippen LogP contribution in [0.25, 0.3) is 0 Å². The lowest BCUT2D eigenvalue weighted by atomic mass is 10.2. The number of nitrogens with one attached hydrogen (secondary N) is 1. The Balaban J connectivity index is 2.73. The Bertz CT molecular complexity index is 293. The number of hydrogen-bond donors (Lipinski definition) is 2. The van der Waals surface area contributed by atoms with Crippen molar-refractivity contribution in [2.24, 2.45) is 0 Å². The van der Waals surface area contributed by atoms with Gasteiger partial charge in [-0.3, -0.25) is 0 Å². The highest BCUT2D eigenvalue weighted by molar-refractivity contribution is 5.84. The van der Waals surface area contributed by atoms with Crippen LogP contribution in [0.1, 0.15) is 36.2 Å². The molecule has 0 saturated carbocycles. The van der Waals surface area contributed by atoms with Crippen LogP contribution in [0.3, 0.4) is 0 Å². The molecule has 0 saturated heterocycles. The van der Waals surface area contributed by atoms with Crippen LogP contribution in [0.4, 0.5) is 0 Å². The van der Waals surface area contributed by atoms with Gasteiger partial charge in [-0.15, -0.1) is 0 Å². The van der Waals surface area contributed by atoms with Crippen molar-refractivity contribution in [2.75, 3.05) is 6.54 Å².